The summed E-state index contributed by atoms with van der Waals surface area (Å²) >= 11 is 6.00. The first-order chi connectivity index (χ1) is 11.0. The summed E-state index contributed by atoms with van der Waals surface area (Å²) in [5.74, 6) is -0.295. The molecule has 0 bridgehead atoms. The van der Waals surface area contributed by atoms with E-state index in [2.05, 4.69) is 10.1 Å². The maximum absolute atomic E-state index is 11.9. The Bertz CT molecular complexity index is 713. The van der Waals surface area contributed by atoms with Crippen LogP contribution in [0.4, 0.5) is 5.69 Å². The normalized spacial score (nSPS) is 10.0. The predicted molar refractivity (Wildman–Crippen MR) is 88.1 cm³/mol. The van der Waals surface area contributed by atoms with Gasteiger partial charge in [-0.15, -0.1) is 0 Å². The number of benzene rings is 2. The molecule has 0 atom stereocenters. The molecular formula is C17H16ClNO4. The summed E-state index contributed by atoms with van der Waals surface area (Å²) in [7, 11) is 1.31. The van der Waals surface area contributed by atoms with Crippen LogP contribution in [0.2, 0.25) is 5.02 Å². The van der Waals surface area contributed by atoms with E-state index in [0.29, 0.717) is 22.0 Å². The number of amides is 1. The van der Waals surface area contributed by atoms with Crippen molar-refractivity contribution in [1.29, 1.82) is 0 Å². The Morgan fingerprint density at radius 1 is 1.13 bits per heavy atom. The number of nitrogens with one attached hydrogen (secondary N) is 1. The molecule has 5 nitrogen and oxygen atoms in total. The quantitative estimate of drug-likeness (QED) is 0.851. The van der Waals surface area contributed by atoms with Gasteiger partial charge in [0, 0.05) is 5.69 Å². The highest BCUT2D eigenvalue weighted by molar-refractivity contribution is 6.32. The van der Waals surface area contributed by atoms with Crippen molar-refractivity contribution in [1.82, 2.24) is 0 Å². The maximum atomic E-state index is 11.9. The van der Waals surface area contributed by atoms with Crippen molar-refractivity contribution in [2.24, 2.45) is 0 Å². The fourth-order valence-corrected chi connectivity index (χ4v) is 2.04. The first-order valence-corrected chi connectivity index (χ1v) is 7.24. The number of aryl methyl sites for hydroxylation is 1. The molecule has 6 heteroatoms. The van der Waals surface area contributed by atoms with Gasteiger partial charge in [0.25, 0.3) is 5.91 Å². The lowest BCUT2D eigenvalue weighted by molar-refractivity contribution is -0.118. The highest BCUT2D eigenvalue weighted by atomic mass is 35.5. The van der Waals surface area contributed by atoms with Gasteiger partial charge in [0.15, 0.2) is 6.61 Å². The number of hydrogen-bond acceptors (Lipinski definition) is 4. The third kappa shape index (κ3) is 4.72. The third-order valence-electron chi connectivity index (χ3n) is 3.04. The summed E-state index contributed by atoms with van der Waals surface area (Å²) in [5.41, 5.74) is 1.96. The largest absolute Gasteiger partial charge is 0.482 e. The van der Waals surface area contributed by atoms with Crippen molar-refractivity contribution in [3.63, 3.8) is 0 Å². The number of hydrogen-bond donors (Lipinski definition) is 1. The Labute approximate surface area is 139 Å². The molecule has 0 heterocycles. The van der Waals surface area contributed by atoms with Gasteiger partial charge in [-0.25, -0.2) is 4.79 Å². The van der Waals surface area contributed by atoms with E-state index < -0.39 is 5.97 Å². The van der Waals surface area contributed by atoms with E-state index in [0.717, 1.165) is 5.56 Å². The van der Waals surface area contributed by atoms with Crippen LogP contribution < -0.4 is 10.1 Å². The van der Waals surface area contributed by atoms with Gasteiger partial charge >= 0.3 is 5.97 Å². The van der Waals surface area contributed by atoms with Crippen LogP contribution in [0.15, 0.2) is 42.5 Å². The molecule has 1 N–H and O–H groups in total. The Kier molecular flexibility index (Phi) is 5.60. The molecule has 0 fully saturated rings. The van der Waals surface area contributed by atoms with E-state index >= 15 is 0 Å². The van der Waals surface area contributed by atoms with Crippen molar-refractivity contribution in [3.05, 3.63) is 58.6 Å². The number of anilines is 1. The van der Waals surface area contributed by atoms with E-state index in [-0.39, 0.29) is 12.5 Å². The number of carbonyl (C=O) groups excluding carboxylic acids is 2. The number of rotatable bonds is 5. The number of esters is 1. The van der Waals surface area contributed by atoms with Crippen molar-refractivity contribution < 1.29 is 19.1 Å². The number of halogens is 1. The van der Waals surface area contributed by atoms with Crippen molar-refractivity contribution in [2.45, 2.75) is 6.92 Å². The fourth-order valence-electron chi connectivity index (χ4n) is 1.87. The second-order valence-electron chi connectivity index (χ2n) is 4.84. The van der Waals surface area contributed by atoms with Gasteiger partial charge in [-0.2, -0.15) is 0 Å². The molecule has 0 aliphatic carbocycles. The maximum Gasteiger partial charge on any atom is 0.337 e. The molecule has 0 aliphatic heterocycles. The lowest BCUT2D eigenvalue weighted by atomic mass is 10.2. The molecule has 0 saturated heterocycles. The zero-order chi connectivity index (χ0) is 16.8. The zero-order valence-electron chi connectivity index (χ0n) is 12.8. The molecule has 120 valence electrons. The molecule has 1 amide bonds. The van der Waals surface area contributed by atoms with Crippen LogP contribution in [0.3, 0.4) is 0 Å². The summed E-state index contributed by atoms with van der Waals surface area (Å²) in [6.07, 6.45) is 0. The zero-order valence-corrected chi connectivity index (χ0v) is 13.5. The van der Waals surface area contributed by atoms with E-state index in [1.54, 1.807) is 36.4 Å². The minimum Gasteiger partial charge on any atom is -0.482 e. The molecule has 0 radical (unpaired) electrons. The standard InChI is InChI=1S/C17H16ClNO4/c1-11-3-8-14(18)15(9-11)23-10-16(20)19-13-6-4-12(5-7-13)17(21)22-2/h3-9H,10H2,1-2H3,(H,19,20). The van der Waals surface area contributed by atoms with Gasteiger partial charge in [-0.05, 0) is 48.9 Å². The molecule has 0 aromatic heterocycles. The van der Waals surface area contributed by atoms with E-state index in [4.69, 9.17) is 16.3 Å². The molecule has 0 unspecified atom stereocenters. The van der Waals surface area contributed by atoms with Gasteiger partial charge in [0.2, 0.25) is 0 Å². The second kappa shape index (κ2) is 7.65. The summed E-state index contributed by atoms with van der Waals surface area (Å²) in [5, 5.41) is 3.12. The van der Waals surface area contributed by atoms with Crippen molar-refractivity contribution >= 4 is 29.2 Å². The highest BCUT2D eigenvalue weighted by Gasteiger charge is 2.08. The molecule has 2 aromatic carbocycles. The Hall–Kier alpha value is -2.53. The van der Waals surface area contributed by atoms with Gasteiger partial charge in [-0.1, -0.05) is 17.7 Å². The van der Waals surface area contributed by atoms with Crippen LogP contribution in [-0.4, -0.2) is 25.6 Å². The Morgan fingerprint density at radius 2 is 1.83 bits per heavy atom. The molecule has 2 aromatic rings. The SMILES string of the molecule is COC(=O)c1ccc(NC(=O)COc2cc(C)ccc2Cl)cc1. The van der Waals surface area contributed by atoms with Gasteiger partial charge in [0.05, 0.1) is 17.7 Å². The summed E-state index contributed by atoms with van der Waals surface area (Å²) in [4.78, 5) is 23.2. The lowest BCUT2D eigenvalue weighted by Crippen LogP contribution is -2.20. The van der Waals surface area contributed by atoms with Crippen LogP contribution >= 0.6 is 11.6 Å². The smallest absolute Gasteiger partial charge is 0.337 e. The molecular weight excluding hydrogens is 318 g/mol. The molecule has 0 aliphatic rings. The summed E-state index contributed by atoms with van der Waals surface area (Å²) in [6, 6.07) is 11.7. The monoisotopic (exact) mass is 333 g/mol. The molecule has 2 rings (SSSR count). The molecule has 0 saturated carbocycles. The first kappa shape index (κ1) is 16.8. The second-order valence-corrected chi connectivity index (χ2v) is 5.25. The Balaban J connectivity index is 1.92. The lowest BCUT2D eigenvalue weighted by Gasteiger charge is -2.09. The fraction of sp³-hybridized carbons (Fsp3) is 0.176. The van der Waals surface area contributed by atoms with Crippen LogP contribution in [0, 0.1) is 6.92 Å². The van der Waals surface area contributed by atoms with Gasteiger partial charge < -0.3 is 14.8 Å². The number of methoxy groups -OCH3 is 1. The van der Waals surface area contributed by atoms with Crippen LogP contribution in [-0.2, 0) is 9.53 Å². The Morgan fingerprint density at radius 3 is 2.48 bits per heavy atom. The first-order valence-electron chi connectivity index (χ1n) is 6.87. The van der Waals surface area contributed by atoms with Crippen LogP contribution in [0.5, 0.6) is 5.75 Å². The average Bonchev–Trinajstić information content (AvgIpc) is 2.55. The van der Waals surface area contributed by atoms with E-state index in [9.17, 15) is 9.59 Å². The van der Waals surface area contributed by atoms with Crippen molar-refractivity contribution in [3.8, 4) is 5.75 Å². The van der Waals surface area contributed by atoms with E-state index in [1.807, 2.05) is 13.0 Å². The van der Waals surface area contributed by atoms with Crippen LogP contribution in [0.1, 0.15) is 15.9 Å². The topological polar surface area (TPSA) is 64.6 Å². The predicted octanol–water partition coefficient (Wildman–Crippen LogP) is 3.45. The summed E-state index contributed by atoms with van der Waals surface area (Å²) < 4.78 is 10.0. The molecule has 23 heavy (non-hydrogen) atoms. The minimum atomic E-state index is -0.430. The highest BCUT2D eigenvalue weighted by Crippen LogP contribution is 2.25. The number of carbonyl (C=O) groups is 2. The van der Waals surface area contributed by atoms with Crippen molar-refractivity contribution in [2.75, 3.05) is 19.0 Å². The summed E-state index contributed by atoms with van der Waals surface area (Å²) in [6.45, 7) is 1.74. The molecule has 0 spiro atoms. The van der Waals surface area contributed by atoms with Gasteiger partial charge in [-0.3, -0.25) is 4.79 Å². The minimum absolute atomic E-state index is 0.165. The number of ether oxygens (including phenoxy) is 2. The van der Waals surface area contributed by atoms with E-state index in [1.165, 1.54) is 7.11 Å². The third-order valence-corrected chi connectivity index (χ3v) is 3.35. The van der Waals surface area contributed by atoms with Crippen LogP contribution in [0.25, 0.3) is 0 Å². The average molecular weight is 334 g/mol. The van der Waals surface area contributed by atoms with Gasteiger partial charge in [0.1, 0.15) is 5.75 Å².